The Morgan fingerprint density at radius 2 is 2.24 bits per heavy atom. The number of hydrogen-bond acceptors (Lipinski definition) is 7. The molecule has 0 spiro atoms. The van der Waals surface area contributed by atoms with Gasteiger partial charge in [0.05, 0.1) is 18.4 Å². The van der Waals surface area contributed by atoms with Gasteiger partial charge in [-0.1, -0.05) is 37.2 Å². The van der Waals surface area contributed by atoms with Crippen molar-refractivity contribution in [2.45, 2.75) is 51.2 Å². The second-order valence-corrected chi connectivity index (χ2v) is 10.0. The summed E-state index contributed by atoms with van der Waals surface area (Å²) in [6.45, 7) is 4.91. The first kappa shape index (κ1) is 23.3. The summed E-state index contributed by atoms with van der Waals surface area (Å²) in [4.78, 5) is 14.0. The van der Waals surface area contributed by atoms with Crippen molar-refractivity contribution in [3.8, 4) is 23.2 Å². The fourth-order valence-electron chi connectivity index (χ4n) is 4.16. The van der Waals surface area contributed by atoms with Crippen LogP contribution in [0.2, 0.25) is 0 Å². The molecule has 1 aliphatic carbocycles. The number of hydrogen-bond donors (Lipinski definition) is 1. The van der Waals surface area contributed by atoms with Gasteiger partial charge < -0.3 is 14.6 Å². The Morgan fingerprint density at radius 3 is 2.97 bits per heavy atom. The first-order chi connectivity index (χ1) is 16.1. The second-order valence-electron chi connectivity index (χ2n) is 7.96. The number of carbonyl (C=O) groups is 1. The van der Waals surface area contributed by atoms with Crippen LogP contribution in [0.4, 0.5) is 5.00 Å². The lowest BCUT2D eigenvalue weighted by atomic mass is 9.86. The van der Waals surface area contributed by atoms with Gasteiger partial charge in [0.1, 0.15) is 16.8 Å². The van der Waals surface area contributed by atoms with Crippen molar-refractivity contribution in [1.29, 1.82) is 5.26 Å². The van der Waals surface area contributed by atoms with Crippen LogP contribution in [0.5, 0.6) is 5.75 Å². The van der Waals surface area contributed by atoms with Gasteiger partial charge in [-0.05, 0) is 49.8 Å². The number of methoxy groups -OCH3 is 1. The lowest BCUT2D eigenvalue weighted by Gasteiger charge is -2.20. The Labute approximate surface area is 202 Å². The molecule has 1 atom stereocenters. The fourth-order valence-corrected chi connectivity index (χ4v) is 6.29. The minimum atomic E-state index is -0.143. The zero-order chi connectivity index (χ0) is 23.4. The van der Waals surface area contributed by atoms with E-state index in [1.807, 2.05) is 35.8 Å². The van der Waals surface area contributed by atoms with E-state index >= 15 is 0 Å². The Bertz CT molecular complexity index is 1190. The first-order valence-corrected chi connectivity index (χ1v) is 12.9. The van der Waals surface area contributed by atoms with E-state index in [1.54, 1.807) is 18.4 Å². The van der Waals surface area contributed by atoms with Crippen LogP contribution in [0, 0.1) is 17.2 Å². The van der Waals surface area contributed by atoms with Crippen LogP contribution in [-0.2, 0) is 24.2 Å². The lowest BCUT2D eigenvalue weighted by molar-refractivity contribution is -0.113. The van der Waals surface area contributed by atoms with Gasteiger partial charge >= 0.3 is 0 Å². The van der Waals surface area contributed by atoms with Gasteiger partial charge in [0.15, 0.2) is 11.0 Å². The van der Waals surface area contributed by atoms with Crippen molar-refractivity contribution in [2.24, 2.45) is 5.92 Å². The molecule has 9 heteroatoms. The van der Waals surface area contributed by atoms with Gasteiger partial charge in [-0.25, -0.2) is 0 Å². The van der Waals surface area contributed by atoms with Gasteiger partial charge in [-0.2, -0.15) is 5.26 Å². The summed E-state index contributed by atoms with van der Waals surface area (Å²) in [5.41, 5.74) is 2.68. The normalized spacial score (nSPS) is 15.0. The third kappa shape index (κ3) is 4.92. The quantitative estimate of drug-likeness (QED) is 0.447. The molecule has 1 aliphatic rings. The Hall–Kier alpha value is -2.83. The molecule has 33 heavy (non-hydrogen) atoms. The summed E-state index contributed by atoms with van der Waals surface area (Å²) < 4.78 is 7.30. The van der Waals surface area contributed by atoms with Crippen molar-refractivity contribution in [3.05, 3.63) is 40.3 Å². The third-order valence-electron chi connectivity index (χ3n) is 6.00. The van der Waals surface area contributed by atoms with Crippen LogP contribution >= 0.6 is 23.1 Å². The van der Waals surface area contributed by atoms with Crippen LogP contribution < -0.4 is 10.1 Å². The summed E-state index contributed by atoms with van der Waals surface area (Å²) in [7, 11) is 1.63. The highest BCUT2D eigenvalue weighted by molar-refractivity contribution is 7.99. The molecule has 1 amide bonds. The number of anilines is 1. The Morgan fingerprint density at radius 1 is 1.39 bits per heavy atom. The van der Waals surface area contributed by atoms with Crippen LogP contribution in [0.1, 0.15) is 42.7 Å². The summed E-state index contributed by atoms with van der Waals surface area (Å²) in [5.74, 6) is 2.21. The highest BCUT2D eigenvalue weighted by atomic mass is 32.2. The fraction of sp³-hybridized carbons (Fsp3) is 0.417. The topological polar surface area (TPSA) is 92.8 Å². The largest absolute Gasteiger partial charge is 0.497 e. The molecule has 1 aromatic carbocycles. The van der Waals surface area contributed by atoms with E-state index in [0.717, 1.165) is 48.4 Å². The van der Waals surface area contributed by atoms with Crippen molar-refractivity contribution in [3.63, 3.8) is 0 Å². The number of nitrogens with one attached hydrogen (secondary N) is 1. The highest BCUT2D eigenvalue weighted by Crippen LogP contribution is 2.40. The highest BCUT2D eigenvalue weighted by Gasteiger charge is 2.26. The molecular formula is C24H27N5O2S2. The molecule has 0 aliphatic heterocycles. The Balaban J connectivity index is 1.45. The van der Waals surface area contributed by atoms with E-state index in [-0.39, 0.29) is 11.7 Å². The maximum atomic E-state index is 12.7. The van der Waals surface area contributed by atoms with Crippen LogP contribution in [0.15, 0.2) is 29.4 Å². The monoisotopic (exact) mass is 481 g/mol. The van der Waals surface area contributed by atoms with Gasteiger partial charge in [-0.3, -0.25) is 4.79 Å². The molecule has 0 saturated carbocycles. The number of carbonyl (C=O) groups excluding carboxylic acids is 1. The predicted octanol–water partition coefficient (Wildman–Crippen LogP) is 5.15. The predicted molar refractivity (Wildman–Crippen MR) is 132 cm³/mol. The molecule has 7 nitrogen and oxygen atoms in total. The average molecular weight is 482 g/mol. The molecule has 0 saturated heterocycles. The van der Waals surface area contributed by atoms with Crippen molar-refractivity contribution in [1.82, 2.24) is 14.8 Å². The molecule has 172 valence electrons. The molecule has 1 N–H and O–H groups in total. The molecule has 3 aromatic rings. The minimum Gasteiger partial charge on any atom is -0.497 e. The zero-order valence-corrected chi connectivity index (χ0v) is 20.7. The van der Waals surface area contributed by atoms with E-state index in [2.05, 4.69) is 28.5 Å². The number of nitriles is 1. The van der Waals surface area contributed by atoms with Gasteiger partial charge in [0.2, 0.25) is 5.91 Å². The van der Waals surface area contributed by atoms with Gasteiger partial charge in [0.25, 0.3) is 0 Å². The van der Waals surface area contributed by atoms with Crippen LogP contribution in [0.25, 0.3) is 11.4 Å². The third-order valence-corrected chi connectivity index (χ3v) is 8.14. The van der Waals surface area contributed by atoms with Crippen molar-refractivity contribution < 1.29 is 9.53 Å². The minimum absolute atomic E-state index is 0.143. The maximum Gasteiger partial charge on any atom is 0.235 e. The number of fused-ring (bicyclic) bond motifs is 1. The standard InChI is InChI=1S/C24H27N5O2S2/c1-4-15-9-10-18-19(13-25)23(33-20(18)11-15)26-21(30)14-32-24-28-27-22(29(24)5-2)16-7-6-8-17(12-16)31-3/h6-8,12,15H,4-5,9-11,14H2,1-3H3,(H,26,30). The molecular weight excluding hydrogens is 454 g/mol. The summed E-state index contributed by atoms with van der Waals surface area (Å²) in [6, 6.07) is 10.0. The van der Waals surface area contributed by atoms with Crippen LogP contribution in [0.3, 0.4) is 0 Å². The smallest absolute Gasteiger partial charge is 0.235 e. The number of aromatic nitrogens is 3. The molecule has 0 bridgehead atoms. The number of ether oxygens (including phenoxy) is 1. The van der Waals surface area contributed by atoms with Crippen LogP contribution in [-0.4, -0.2) is 33.5 Å². The SMILES string of the molecule is CCC1CCc2c(sc(NC(=O)CSc3nnc(-c4cccc(OC)c4)n3CC)c2C#N)C1. The number of benzene rings is 1. The maximum absolute atomic E-state index is 12.7. The first-order valence-electron chi connectivity index (χ1n) is 11.1. The zero-order valence-electron chi connectivity index (χ0n) is 19.1. The van der Waals surface area contributed by atoms with Gasteiger partial charge in [0, 0.05) is 17.0 Å². The van der Waals surface area contributed by atoms with E-state index < -0.39 is 0 Å². The van der Waals surface area contributed by atoms with Crippen molar-refractivity contribution in [2.75, 3.05) is 18.2 Å². The number of thiophene rings is 1. The molecule has 4 rings (SSSR count). The number of amides is 1. The molecule has 1 unspecified atom stereocenters. The molecule has 0 fully saturated rings. The molecule has 2 aromatic heterocycles. The van der Waals surface area contributed by atoms with E-state index in [9.17, 15) is 10.1 Å². The lowest BCUT2D eigenvalue weighted by Crippen LogP contribution is -2.15. The van der Waals surface area contributed by atoms with E-state index in [4.69, 9.17) is 4.74 Å². The average Bonchev–Trinajstić information content (AvgIpc) is 3.42. The number of nitrogens with zero attached hydrogens (tertiary/aromatic N) is 4. The van der Waals surface area contributed by atoms with Crippen molar-refractivity contribution >= 4 is 34.0 Å². The molecule has 0 radical (unpaired) electrons. The Kier molecular flexibility index (Phi) is 7.36. The van der Waals surface area contributed by atoms with E-state index in [1.165, 1.54) is 16.6 Å². The summed E-state index contributed by atoms with van der Waals surface area (Å²) in [5, 5.41) is 22.7. The van der Waals surface area contributed by atoms with E-state index in [0.29, 0.717) is 28.2 Å². The number of rotatable bonds is 8. The molecule has 2 heterocycles. The number of thioether (sulfide) groups is 1. The summed E-state index contributed by atoms with van der Waals surface area (Å²) in [6.07, 6.45) is 4.18. The second kappa shape index (κ2) is 10.4. The summed E-state index contributed by atoms with van der Waals surface area (Å²) >= 11 is 2.90. The van der Waals surface area contributed by atoms with Gasteiger partial charge in [-0.15, -0.1) is 21.5 Å².